The van der Waals surface area contributed by atoms with Crippen molar-refractivity contribution in [3.05, 3.63) is 60.2 Å². The Morgan fingerprint density at radius 1 is 1.09 bits per heavy atom. The quantitative estimate of drug-likeness (QED) is 0.505. The molecule has 0 aliphatic heterocycles. The van der Waals surface area contributed by atoms with Crippen LogP contribution in [-0.4, -0.2) is 30.1 Å². The molecule has 2 aromatic carbocycles. The van der Waals surface area contributed by atoms with Gasteiger partial charge in [0.05, 0.1) is 19.0 Å². The molecule has 2 N–H and O–H groups in total. The SMILES string of the molecule is COc1ccc(N=C(NO)/C(C)=N/N=C/c2ccccc2)cc1. The van der Waals surface area contributed by atoms with Crippen molar-refractivity contribution in [2.24, 2.45) is 15.2 Å². The maximum Gasteiger partial charge on any atom is 0.173 e. The summed E-state index contributed by atoms with van der Waals surface area (Å²) in [7, 11) is 1.60. The number of rotatable bonds is 5. The third-order valence-corrected chi connectivity index (χ3v) is 2.98. The maximum absolute atomic E-state index is 9.24. The first-order valence-corrected chi connectivity index (χ1v) is 6.99. The van der Waals surface area contributed by atoms with Crippen LogP contribution in [0.1, 0.15) is 12.5 Å². The van der Waals surface area contributed by atoms with Crippen LogP contribution in [0.2, 0.25) is 0 Å². The van der Waals surface area contributed by atoms with Gasteiger partial charge in [0.1, 0.15) is 11.5 Å². The van der Waals surface area contributed by atoms with Crippen LogP contribution < -0.4 is 10.2 Å². The van der Waals surface area contributed by atoms with Crippen molar-refractivity contribution < 1.29 is 9.94 Å². The number of hydrogen-bond acceptors (Lipinski definition) is 5. The molecule has 0 unspecified atom stereocenters. The standard InChI is InChI=1S/C17H18N4O2/c1-13(20-18-12-14-6-4-3-5-7-14)17(21-22)19-15-8-10-16(23-2)11-9-15/h3-12,22H,1-2H3,(H,19,21)/b18-12+,20-13+. The minimum atomic E-state index is 0.223. The molecule has 2 aromatic rings. The van der Waals surface area contributed by atoms with Gasteiger partial charge in [0.25, 0.3) is 0 Å². The maximum atomic E-state index is 9.24. The van der Waals surface area contributed by atoms with Gasteiger partial charge in [-0.15, -0.1) is 0 Å². The van der Waals surface area contributed by atoms with Gasteiger partial charge in [-0.2, -0.15) is 10.2 Å². The van der Waals surface area contributed by atoms with Crippen molar-refractivity contribution in [2.45, 2.75) is 6.92 Å². The molecule has 23 heavy (non-hydrogen) atoms. The predicted octanol–water partition coefficient (Wildman–Crippen LogP) is 3.20. The smallest absolute Gasteiger partial charge is 0.173 e. The van der Waals surface area contributed by atoms with Crippen molar-refractivity contribution in [1.82, 2.24) is 5.48 Å². The lowest BCUT2D eigenvalue weighted by Gasteiger charge is -2.04. The second-order valence-corrected chi connectivity index (χ2v) is 4.61. The van der Waals surface area contributed by atoms with Crippen LogP contribution in [0.4, 0.5) is 5.69 Å². The number of aliphatic imine (C=N–C) groups is 1. The number of hydroxylamine groups is 1. The van der Waals surface area contributed by atoms with Crippen molar-refractivity contribution >= 4 is 23.4 Å². The largest absolute Gasteiger partial charge is 0.497 e. The van der Waals surface area contributed by atoms with Crippen LogP contribution in [-0.2, 0) is 0 Å². The lowest BCUT2D eigenvalue weighted by molar-refractivity contribution is 0.236. The fourth-order valence-electron chi connectivity index (χ4n) is 1.74. The van der Waals surface area contributed by atoms with E-state index in [1.807, 2.05) is 35.8 Å². The minimum Gasteiger partial charge on any atom is -0.497 e. The normalized spacial score (nSPS) is 12.5. The summed E-state index contributed by atoms with van der Waals surface area (Å²) in [6, 6.07) is 16.7. The highest BCUT2D eigenvalue weighted by molar-refractivity contribution is 6.40. The highest BCUT2D eigenvalue weighted by Gasteiger charge is 2.03. The Bertz CT molecular complexity index is 707. The lowest BCUT2D eigenvalue weighted by Crippen LogP contribution is -2.26. The summed E-state index contributed by atoms with van der Waals surface area (Å²) >= 11 is 0. The second-order valence-electron chi connectivity index (χ2n) is 4.61. The zero-order chi connectivity index (χ0) is 16.5. The molecule has 6 nitrogen and oxygen atoms in total. The molecule has 0 saturated carbocycles. The molecule has 0 radical (unpaired) electrons. The van der Waals surface area contributed by atoms with Crippen LogP contribution in [0.5, 0.6) is 5.75 Å². The highest BCUT2D eigenvalue weighted by atomic mass is 16.5. The Morgan fingerprint density at radius 2 is 1.78 bits per heavy atom. The molecule has 0 spiro atoms. The van der Waals surface area contributed by atoms with E-state index in [1.54, 1.807) is 44.5 Å². The van der Waals surface area contributed by atoms with Gasteiger partial charge >= 0.3 is 0 Å². The van der Waals surface area contributed by atoms with E-state index in [0.29, 0.717) is 11.4 Å². The van der Waals surface area contributed by atoms with Crippen LogP contribution in [0.15, 0.2) is 69.8 Å². The topological polar surface area (TPSA) is 78.6 Å². The number of methoxy groups -OCH3 is 1. The van der Waals surface area contributed by atoms with Gasteiger partial charge in [-0.25, -0.2) is 4.99 Å². The van der Waals surface area contributed by atoms with Crippen molar-refractivity contribution in [1.29, 1.82) is 0 Å². The fourth-order valence-corrected chi connectivity index (χ4v) is 1.74. The molecule has 0 fully saturated rings. The van der Waals surface area contributed by atoms with E-state index in [4.69, 9.17) is 4.74 Å². The van der Waals surface area contributed by atoms with Crippen molar-refractivity contribution in [2.75, 3.05) is 7.11 Å². The third-order valence-electron chi connectivity index (χ3n) is 2.98. The molecule has 0 aliphatic rings. The van der Waals surface area contributed by atoms with Gasteiger partial charge in [0.2, 0.25) is 0 Å². The van der Waals surface area contributed by atoms with Crippen LogP contribution in [0.3, 0.4) is 0 Å². The van der Waals surface area contributed by atoms with E-state index in [9.17, 15) is 5.21 Å². The van der Waals surface area contributed by atoms with Crippen LogP contribution >= 0.6 is 0 Å². The van der Waals surface area contributed by atoms with Crippen LogP contribution in [0.25, 0.3) is 0 Å². The van der Waals surface area contributed by atoms with E-state index >= 15 is 0 Å². The molecule has 0 aromatic heterocycles. The molecular formula is C17H18N4O2. The van der Waals surface area contributed by atoms with Gasteiger partial charge in [-0.1, -0.05) is 30.3 Å². The number of amidine groups is 1. The fraction of sp³-hybridized carbons (Fsp3) is 0.118. The Labute approximate surface area is 134 Å². The first-order chi connectivity index (χ1) is 11.2. The van der Waals surface area contributed by atoms with E-state index in [-0.39, 0.29) is 5.84 Å². The molecule has 118 valence electrons. The molecular weight excluding hydrogens is 292 g/mol. The summed E-state index contributed by atoms with van der Waals surface area (Å²) in [6.45, 7) is 1.70. The summed E-state index contributed by atoms with van der Waals surface area (Å²) in [5, 5.41) is 17.3. The second kappa shape index (κ2) is 8.45. The van der Waals surface area contributed by atoms with Gasteiger partial charge in [-0.3, -0.25) is 10.7 Å². The van der Waals surface area contributed by atoms with Gasteiger partial charge in [0.15, 0.2) is 5.84 Å². The molecule has 2 rings (SSSR count). The summed E-state index contributed by atoms with van der Waals surface area (Å²) in [4.78, 5) is 4.27. The van der Waals surface area contributed by atoms with Crippen molar-refractivity contribution in [3.63, 3.8) is 0 Å². The average Bonchev–Trinajstić information content (AvgIpc) is 2.61. The monoisotopic (exact) mass is 310 g/mol. The third kappa shape index (κ3) is 5.05. The van der Waals surface area contributed by atoms with E-state index in [1.165, 1.54) is 0 Å². The van der Waals surface area contributed by atoms with Gasteiger partial charge in [-0.05, 0) is 36.8 Å². The van der Waals surface area contributed by atoms with Crippen molar-refractivity contribution in [3.8, 4) is 5.75 Å². The number of hydrogen-bond donors (Lipinski definition) is 2. The number of ether oxygens (including phenoxy) is 1. The number of benzene rings is 2. The predicted molar refractivity (Wildman–Crippen MR) is 92.2 cm³/mol. The van der Waals surface area contributed by atoms with Gasteiger partial charge in [0, 0.05) is 0 Å². The summed E-state index contributed by atoms with van der Waals surface area (Å²) in [6.07, 6.45) is 1.63. The zero-order valence-electron chi connectivity index (χ0n) is 13.0. The van der Waals surface area contributed by atoms with Gasteiger partial charge < -0.3 is 4.74 Å². The number of nitrogens with zero attached hydrogens (tertiary/aromatic N) is 3. The number of nitrogens with one attached hydrogen (secondary N) is 1. The first kappa shape index (κ1) is 16.4. The van der Waals surface area contributed by atoms with E-state index < -0.39 is 0 Å². The summed E-state index contributed by atoms with van der Waals surface area (Å²) in [5.74, 6) is 0.959. The molecule has 6 heteroatoms. The first-order valence-electron chi connectivity index (χ1n) is 6.99. The minimum absolute atomic E-state index is 0.223. The Morgan fingerprint density at radius 3 is 2.39 bits per heavy atom. The zero-order valence-corrected chi connectivity index (χ0v) is 13.0. The lowest BCUT2D eigenvalue weighted by atomic mass is 10.2. The Kier molecular flexibility index (Phi) is 6.02. The molecule has 0 saturated heterocycles. The molecule has 0 atom stereocenters. The van der Waals surface area contributed by atoms with E-state index in [0.717, 1.165) is 11.3 Å². The Balaban J connectivity index is 2.13. The summed E-state index contributed by atoms with van der Waals surface area (Å²) < 4.78 is 5.09. The molecule has 0 aliphatic carbocycles. The molecule has 0 bridgehead atoms. The molecule has 0 amide bonds. The summed E-state index contributed by atoms with van der Waals surface area (Å²) in [5.41, 5.74) is 4.09. The van der Waals surface area contributed by atoms with Crippen LogP contribution in [0, 0.1) is 0 Å². The molecule has 0 heterocycles. The van der Waals surface area contributed by atoms with E-state index in [2.05, 4.69) is 15.2 Å². The Hall–Kier alpha value is -2.99. The highest BCUT2D eigenvalue weighted by Crippen LogP contribution is 2.17. The average molecular weight is 310 g/mol.